The van der Waals surface area contributed by atoms with Gasteiger partial charge in [-0.15, -0.1) is 0 Å². The first-order chi connectivity index (χ1) is 40.8. The Hall–Kier alpha value is -9.36. The minimum atomic E-state index is 0.0193. The minimum absolute atomic E-state index is 0.0193. The van der Waals surface area contributed by atoms with Crippen LogP contribution in [0.15, 0.2) is 255 Å². The molecule has 0 spiro atoms. The molecule has 0 heteroatoms. The molecule has 0 amide bonds. The van der Waals surface area contributed by atoms with Crippen molar-refractivity contribution in [2.45, 2.75) is 78.1 Å². The summed E-state index contributed by atoms with van der Waals surface area (Å²) >= 11 is 0. The smallest absolute Gasteiger partial charge is 0.0159 e. The molecule has 16 aromatic rings. The van der Waals surface area contributed by atoms with E-state index < -0.39 is 0 Å². The number of benzene rings is 16. The van der Waals surface area contributed by atoms with Crippen LogP contribution in [0.2, 0.25) is 0 Å². The highest BCUT2D eigenvalue weighted by Gasteiger charge is 2.42. The molecule has 0 bridgehead atoms. The number of hydrogen-bond acceptors (Lipinski definition) is 0. The predicted molar refractivity (Wildman–Crippen MR) is 367 cm³/mol. The first-order valence-electron chi connectivity index (χ1n) is 30.3. The van der Waals surface area contributed by atoms with Crippen LogP contribution in [0.25, 0.3) is 130 Å². The zero-order valence-electron chi connectivity index (χ0n) is 49.4. The SMILES string of the molecule is CC(C)c1ccc2ccc3c(C(C)C)ccc4ccc1c2c43.CC1(C)c2ccccc2-c2cc3c(cc21)-c1c(ccc2ccccc12)C3(C)C.c1cc2cccc3c4cccc5cccc(c(c1)c23)c54.c1ccc2cc3ccccc3cc2c1. The molecule has 0 heterocycles. The topological polar surface area (TPSA) is 0 Å². The average Bonchev–Trinajstić information content (AvgIpc) is 2.58. The first-order valence-corrected chi connectivity index (χ1v) is 30.3. The summed E-state index contributed by atoms with van der Waals surface area (Å²) in [6, 6.07) is 93.7. The molecule has 0 N–H and O–H groups in total. The summed E-state index contributed by atoms with van der Waals surface area (Å²) in [6.07, 6.45) is 0. The third-order valence-electron chi connectivity index (χ3n) is 19.2. The maximum Gasteiger partial charge on any atom is 0.0159 e. The van der Waals surface area contributed by atoms with Crippen molar-refractivity contribution in [1.82, 2.24) is 0 Å². The molecule has 0 unspecified atom stereocenters. The molecule has 0 aromatic heterocycles. The number of fused-ring (bicyclic) bond motifs is 12. The van der Waals surface area contributed by atoms with Gasteiger partial charge in [0, 0.05) is 10.8 Å². The summed E-state index contributed by atoms with van der Waals surface area (Å²) in [4.78, 5) is 0. The van der Waals surface area contributed by atoms with Crippen molar-refractivity contribution >= 4 is 108 Å². The van der Waals surface area contributed by atoms with Gasteiger partial charge in [0.05, 0.1) is 0 Å². The van der Waals surface area contributed by atoms with Crippen molar-refractivity contribution in [3.8, 4) is 22.3 Å². The Morgan fingerprint density at radius 1 is 0.226 bits per heavy atom. The van der Waals surface area contributed by atoms with E-state index in [9.17, 15) is 0 Å². The van der Waals surface area contributed by atoms with Crippen LogP contribution >= 0.6 is 0 Å². The molecule has 0 atom stereocenters. The molecule has 0 fully saturated rings. The Morgan fingerprint density at radius 3 is 1.07 bits per heavy atom. The number of hydrogen-bond donors (Lipinski definition) is 0. The lowest BCUT2D eigenvalue weighted by atomic mass is 9.79. The molecule has 16 aromatic carbocycles. The van der Waals surface area contributed by atoms with Gasteiger partial charge in [0.1, 0.15) is 0 Å². The predicted octanol–water partition coefficient (Wildman–Crippen LogP) is 24.0. The third kappa shape index (κ3) is 8.02. The van der Waals surface area contributed by atoms with Gasteiger partial charge in [0.15, 0.2) is 0 Å². The molecule has 0 saturated carbocycles. The average molecular weight is 1080 g/mol. The van der Waals surface area contributed by atoms with Gasteiger partial charge in [-0.2, -0.15) is 0 Å². The highest BCUT2D eigenvalue weighted by atomic mass is 14.4. The van der Waals surface area contributed by atoms with Crippen LogP contribution in [-0.2, 0) is 10.8 Å². The Labute approximate surface area is 493 Å². The molecule has 2 aliphatic rings. The largest absolute Gasteiger partial charge is 0.0619 e. The van der Waals surface area contributed by atoms with Crippen LogP contribution < -0.4 is 0 Å². The van der Waals surface area contributed by atoms with Crippen molar-refractivity contribution in [2.75, 3.05) is 0 Å². The van der Waals surface area contributed by atoms with E-state index in [1.807, 2.05) is 0 Å². The molecule has 84 heavy (non-hydrogen) atoms. The summed E-state index contributed by atoms with van der Waals surface area (Å²) in [5.74, 6) is 1.10. The summed E-state index contributed by atoms with van der Waals surface area (Å²) in [5.41, 5.74) is 14.5. The highest BCUT2D eigenvalue weighted by Crippen LogP contribution is 2.57. The van der Waals surface area contributed by atoms with E-state index >= 15 is 0 Å². The summed E-state index contributed by atoms with van der Waals surface area (Å²) in [6.45, 7) is 18.6. The Balaban J connectivity index is 0.0000000978. The monoisotopic (exact) mass is 1080 g/mol. The van der Waals surface area contributed by atoms with Crippen LogP contribution in [0.1, 0.15) is 101 Å². The van der Waals surface area contributed by atoms with Crippen molar-refractivity contribution < 1.29 is 0 Å². The van der Waals surface area contributed by atoms with Gasteiger partial charge in [0.25, 0.3) is 0 Å². The Kier molecular flexibility index (Phi) is 12.0. The second kappa shape index (κ2) is 19.6. The fourth-order valence-corrected chi connectivity index (χ4v) is 15.0. The standard InChI is InChI=1S/C28H24.C22H22.C20H12.C14H10/c1-27(2)22-12-8-7-11-19(22)20-15-25-21(16-24(20)27)26-18-10-6-5-9-17(18)13-14-23(26)28(25,3)4;1-13(2)17-9-5-15-8-12-20-18(14(3)4)10-6-16-7-11-19(17)21(15)22(16)20;1-5-13-6-2-11-17-18-12-4-8-14-7-3-10-16(20(14)18)15(9-1)19(13)17;1-2-6-12-10-14-8-4-3-7-13(14)9-11(12)5-1/h5-16H,1-4H3;5-14H,1-4H3;1-12H;1-10H. The van der Waals surface area contributed by atoms with Gasteiger partial charge in [-0.1, -0.05) is 286 Å². The fraction of sp³-hybridized carbons (Fsp3) is 0.143. The van der Waals surface area contributed by atoms with Crippen LogP contribution in [-0.4, -0.2) is 0 Å². The van der Waals surface area contributed by atoms with E-state index in [-0.39, 0.29) is 10.8 Å². The zero-order chi connectivity index (χ0) is 57.2. The van der Waals surface area contributed by atoms with Gasteiger partial charge in [0.2, 0.25) is 0 Å². The minimum Gasteiger partial charge on any atom is -0.0619 e. The van der Waals surface area contributed by atoms with E-state index in [0.717, 1.165) is 0 Å². The summed E-state index contributed by atoms with van der Waals surface area (Å²) in [5, 5.41) is 27.3. The molecule has 0 nitrogen and oxygen atoms in total. The van der Waals surface area contributed by atoms with Crippen molar-refractivity contribution in [2.24, 2.45) is 0 Å². The van der Waals surface area contributed by atoms with Gasteiger partial charge in [-0.3, -0.25) is 0 Å². The lowest BCUT2D eigenvalue weighted by molar-refractivity contribution is 0.652. The van der Waals surface area contributed by atoms with Crippen LogP contribution in [0.5, 0.6) is 0 Å². The van der Waals surface area contributed by atoms with E-state index in [1.165, 1.54) is 163 Å². The van der Waals surface area contributed by atoms with Gasteiger partial charge >= 0.3 is 0 Å². The van der Waals surface area contributed by atoms with Gasteiger partial charge in [-0.25, -0.2) is 0 Å². The number of rotatable bonds is 2. The lowest BCUT2D eigenvalue weighted by Gasteiger charge is -2.24. The van der Waals surface area contributed by atoms with E-state index in [1.54, 1.807) is 0 Å². The summed E-state index contributed by atoms with van der Waals surface area (Å²) < 4.78 is 0. The van der Waals surface area contributed by atoms with Gasteiger partial charge < -0.3 is 0 Å². The Bertz CT molecular complexity index is 4900. The Morgan fingerprint density at radius 2 is 0.583 bits per heavy atom. The third-order valence-corrected chi connectivity index (χ3v) is 19.2. The molecule has 0 saturated heterocycles. The molecule has 2 aliphatic carbocycles. The van der Waals surface area contributed by atoms with Crippen LogP contribution in [0, 0.1) is 0 Å². The van der Waals surface area contributed by atoms with Crippen molar-refractivity contribution in [3.63, 3.8) is 0 Å². The van der Waals surface area contributed by atoms with E-state index in [4.69, 9.17) is 0 Å². The molecule has 0 radical (unpaired) electrons. The molecule has 18 rings (SSSR count). The molecular weight excluding hydrogens is 1010 g/mol. The van der Waals surface area contributed by atoms with Crippen LogP contribution in [0.3, 0.4) is 0 Å². The lowest BCUT2D eigenvalue weighted by Crippen LogP contribution is -2.16. The second-order valence-corrected chi connectivity index (χ2v) is 25.5. The van der Waals surface area contributed by atoms with E-state index in [0.29, 0.717) is 11.8 Å². The first kappa shape index (κ1) is 51.5. The van der Waals surface area contributed by atoms with Gasteiger partial charge in [-0.05, 0) is 199 Å². The fourth-order valence-electron chi connectivity index (χ4n) is 15.0. The van der Waals surface area contributed by atoms with Crippen molar-refractivity contribution in [3.05, 3.63) is 288 Å². The maximum absolute atomic E-state index is 2.50. The molecule has 0 aliphatic heterocycles. The zero-order valence-corrected chi connectivity index (χ0v) is 49.4. The normalized spacial score (nSPS) is 13.6. The van der Waals surface area contributed by atoms with Crippen LogP contribution in [0.4, 0.5) is 0 Å². The van der Waals surface area contributed by atoms with E-state index in [2.05, 4.69) is 310 Å². The van der Waals surface area contributed by atoms with Crippen molar-refractivity contribution in [1.29, 1.82) is 0 Å². The highest BCUT2D eigenvalue weighted by molar-refractivity contribution is 6.33. The second-order valence-electron chi connectivity index (χ2n) is 25.5. The summed E-state index contributed by atoms with van der Waals surface area (Å²) in [7, 11) is 0. The molecule has 404 valence electrons. The molecular formula is C84H68. The maximum atomic E-state index is 2.50. The quantitative estimate of drug-likeness (QED) is 0.120.